The van der Waals surface area contributed by atoms with Gasteiger partial charge in [-0.05, 0) is 27.7 Å². The Kier molecular flexibility index (Phi) is 15.3. The van der Waals surface area contributed by atoms with Gasteiger partial charge in [0.2, 0.25) is 12.8 Å². The fourth-order valence-electron chi connectivity index (χ4n) is 3.61. The SMILES string of the molecule is C/C(=C(\CCOP(=O)(O)O)SS/C(CCOP(=O)(O)O)=C(\C)N(C=O)Cc1cnc(C)nc1N)N(C=O)Cc1cnc(C)nc1N. The molecule has 0 saturated carbocycles. The molecule has 46 heavy (non-hydrogen) atoms. The highest BCUT2D eigenvalue weighted by molar-refractivity contribution is 8.79. The van der Waals surface area contributed by atoms with Gasteiger partial charge in [0.15, 0.2) is 0 Å². The number of nitrogens with two attached hydrogens (primary N) is 2. The van der Waals surface area contributed by atoms with Crippen molar-refractivity contribution in [3.8, 4) is 0 Å². The lowest BCUT2D eigenvalue weighted by Crippen LogP contribution is -2.22. The Hall–Kier alpha value is -2.90. The van der Waals surface area contributed by atoms with Crippen LogP contribution in [0.5, 0.6) is 0 Å². The van der Waals surface area contributed by atoms with Gasteiger partial charge >= 0.3 is 15.6 Å². The summed E-state index contributed by atoms with van der Waals surface area (Å²) in [5, 5.41) is 0. The number of aromatic nitrogens is 4. The smallest absolute Gasteiger partial charge is 0.383 e. The molecule has 254 valence electrons. The van der Waals surface area contributed by atoms with Crippen LogP contribution in [0.2, 0.25) is 0 Å². The predicted octanol–water partition coefficient (Wildman–Crippen LogP) is 2.51. The molecule has 18 nitrogen and oxygen atoms in total. The average Bonchev–Trinajstić information content (AvgIpc) is 2.95. The Morgan fingerprint density at radius 2 is 1.13 bits per heavy atom. The predicted molar refractivity (Wildman–Crippen MR) is 171 cm³/mol. The van der Waals surface area contributed by atoms with Crippen molar-refractivity contribution in [2.75, 3.05) is 24.7 Å². The molecule has 0 aliphatic carbocycles. The lowest BCUT2D eigenvalue weighted by molar-refractivity contribution is -0.117. The summed E-state index contributed by atoms with van der Waals surface area (Å²) in [5.74, 6) is 1.21. The van der Waals surface area contributed by atoms with Gasteiger partial charge in [-0.2, -0.15) is 0 Å². The van der Waals surface area contributed by atoms with Gasteiger partial charge in [0.05, 0.1) is 26.3 Å². The van der Waals surface area contributed by atoms with Crippen LogP contribution in [0.1, 0.15) is 49.5 Å². The highest BCUT2D eigenvalue weighted by Gasteiger charge is 2.21. The minimum absolute atomic E-state index is 0.0215. The molecule has 0 aromatic carbocycles. The lowest BCUT2D eigenvalue weighted by atomic mass is 10.2. The summed E-state index contributed by atoms with van der Waals surface area (Å²) in [4.78, 5) is 81.0. The van der Waals surface area contributed by atoms with Crippen molar-refractivity contribution in [1.82, 2.24) is 29.7 Å². The van der Waals surface area contributed by atoms with Gasteiger partial charge in [-0.15, -0.1) is 0 Å². The van der Waals surface area contributed by atoms with E-state index in [2.05, 4.69) is 29.0 Å². The van der Waals surface area contributed by atoms with Crippen LogP contribution in [0.15, 0.2) is 33.6 Å². The number of hydrogen-bond acceptors (Lipinski definition) is 14. The van der Waals surface area contributed by atoms with Crippen molar-refractivity contribution in [1.29, 1.82) is 0 Å². The van der Waals surface area contributed by atoms with Crippen LogP contribution < -0.4 is 11.5 Å². The number of allylic oxidation sites excluding steroid dienone is 2. The van der Waals surface area contributed by atoms with E-state index in [9.17, 15) is 38.3 Å². The van der Waals surface area contributed by atoms with Gasteiger partial charge in [0.1, 0.15) is 23.3 Å². The van der Waals surface area contributed by atoms with Crippen molar-refractivity contribution in [2.24, 2.45) is 0 Å². The molecule has 0 saturated heterocycles. The molecule has 2 aromatic heterocycles. The standard InChI is InChI=1S/C24H36N8O10P2S2/c1-15(31(13-33)11-19-9-27-17(3)29-23(19)25)21(5-7-41-43(35,36)37)45-46-22(6-8-42-44(38,39)40)16(2)32(14-34)12-20-10-28-18(4)30-24(20)26/h9-10,13-14H,5-8,11-12H2,1-4H3,(H2,25,27,29)(H2,26,28,30)(H2,35,36,37)(H2,38,39,40)/b21-15-,22-16+. The summed E-state index contributed by atoms with van der Waals surface area (Å²) in [5.41, 5.74) is 13.7. The summed E-state index contributed by atoms with van der Waals surface area (Å²) >= 11 is 0. The number of nitrogen functional groups attached to an aromatic ring is 2. The van der Waals surface area contributed by atoms with E-state index in [1.807, 2.05) is 0 Å². The van der Waals surface area contributed by atoms with E-state index < -0.39 is 28.9 Å². The first-order valence-electron chi connectivity index (χ1n) is 13.2. The summed E-state index contributed by atoms with van der Waals surface area (Å²) in [6, 6.07) is 0. The first-order chi connectivity index (χ1) is 21.4. The van der Waals surface area contributed by atoms with Crippen LogP contribution in [-0.4, -0.2) is 75.3 Å². The van der Waals surface area contributed by atoms with Crippen LogP contribution in [-0.2, 0) is 40.9 Å². The Balaban J connectivity index is 2.47. The van der Waals surface area contributed by atoms with E-state index in [0.29, 0.717) is 56.8 Å². The quantitative estimate of drug-likeness (QED) is 0.0690. The van der Waals surface area contributed by atoms with E-state index >= 15 is 0 Å². The van der Waals surface area contributed by atoms with Crippen molar-refractivity contribution < 1.29 is 47.3 Å². The number of phosphoric ester groups is 2. The van der Waals surface area contributed by atoms with Crippen molar-refractivity contribution in [3.05, 3.63) is 56.4 Å². The van der Waals surface area contributed by atoms with E-state index in [1.165, 1.54) is 22.2 Å². The average molecular weight is 723 g/mol. The minimum Gasteiger partial charge on any atom is -0.383 e. The second-order valence-electron chi connectivity index (χ2n) is 9.45. The first-order valence-corrected chi connectivity index (χ1v) is 18.4. The van der Waals surface area contributed by atoms with Crippen LogP contribution in [0.25, 0.3) is 0 Å². The number of phosphoric acid groups is 2. The van der Waals surface area contributed by atoms with E-state index in [0.717, 1.165) is 21.6 Å². The summed E-state index contributed by atoms with van der Waals surface area (Å²) in [6.45, 7) is 5.64. The number of rotatable bonds is 19. The van der Waals surface area contributed by atoms with Crippen molar-refractivity contribution in [2.45, 2.75) is 53.6 Å². The number of carbonyl (C=O) groups excluding carboxylic acids is 2. The number of anilines is 2. The molecule has 2 heterocycles. The van der Waals surface area contributed by atoms with E-state index in [-0.39, 0.29) is 37.6 Å². The number of amides is 2. The molecule has 2 rings (SSSR count). The Morgan fingerprint density at radius 1 is 0.783 bits per heavy atom. The van der Waals surface area contributed by atoms with E-state index in [4.69, 9.17) is 11.5 Å². The molecule has 0 unspecified atom stereocenters. The second-order valence-corrected chi connectivity index (χ2v) is 14.3. The zero-order valence-corrected chi connectivity index (χ0v) is 28.8. The fraction of sp³-hybridized carbons (Fsp3) is 0.417. The fourth-order valence-corrected chi connectivity index (χ4v) is 7.10. The van der Waals surface area contributed by atoms with Crippen molar-refractivity contribution >= 4 is 61.7 Å². The van der Waals surface area contributed by atoms with Gasteiger partial charge < -0.3 is 40.8 Å². The zero-order valence-electron chi connectivity index (χ0n) is 25.3. The third-order valence-corrected chi connectivity index (χ3v) is 10.0. The topological polar surface area (TPSA) is 278 Å². The third-order valence-electron chi connectivity index (χ3n) is 6.06. The molecule has 0 fully saturated rings. The minimum atomic E-state index is -4.81. The summed E-state index contributed by atoms with van der Waals surface area (Å²) < 4.78 is 32.0. The zero-order chi connectivity index (χ0) is 34.7. The van der Waals surface area contributed by atoms with Gasteiger partial charge in [-0.3, -0.25) is 18.6 Å². The molecule has 0 bridgehead atoms. The van der Waals surface area contributed by atoms with Crippen LogP contribution in [0, 0.1) is 13.8 Å². The Bertz CT molecular complexity index is 1440. The molecular formula is C24H36N8O10P2S2. The van der Waals surface area contributed by atoms with Crippen molar-refractivity contribution in [3.63, 3.8) is 0 Å². The van der Waals surface area contributed by atoms with Crippen LogP contribution in [0.3, 0.4) is 0 Å². The Morgan fingerprint density at radius 3 is 1.41 bits per heavy atom. The molecule has 22 heteroatoms. The second kappa shape index (κ2) is 17.9. The third kappa shape index (κ3) is 13.4. The summed E-state index contributed by atoms with van der Waals surface area (Å²) in [7, 11) is -7.47. The maximum atomic E-state index is 12.2. The molecule has 8 N–H and O–H groups in total. The number of carbonyl (C=O) groups is 2. The number of aryl methyl sites for hydroxylation is 2. The summed E-state index contributed by atoms with van der Waals surface area (Å²) in [6.07, 6.45) is 3.93. The van der Waals surface area contributed by atoms with E-state index in [1.54, 1.807) is 27.7 Å². The monoisotopic (exact) mass is 722 g/mol. The Labute approximate surface area is 272 Å². The molecule has 2 aromatic rings. The van der Waals surface area contributed by atoms with Gasteiger partial charge in [0, 0.05) is 57.6 Å². The normalized spacial score (nSPS) is 13.1. The largest absolute Gasteiger partial charge is 0.469 e. The molecule has 0 aliphatic heterocycles. The van der Waals surface area contributed by atoms with Gasteiger partial charge in [-0.1, -0.05) is 21.6 Å². The highest BCUT2D eigenvalue weighted by Crippen LogP contribution is 2.45. The molecule has 0 spiro atoms. The first kappa shape index (κ1) is 39.3. The highest BCUT2D eigenvalue weighted by atomic mass is 33.1. The molecule has 0 radical (unpaired) electrons. The number of nitrogens with zero attached hydrogens (tertiary/aromatic N) is 6. The van der Waals surface area contributed by atoms with Crippen LogP contribution in [0.4, 0.5) is 11.6 Å². The van der Waals surface area contributed by atoms with Gasteiger partial charge in [0.25, 0.3) is 0 Å². The maximum absolute atomic E-state index is 12.2. The molecular weight excluding hydrogens is 686 g/mol. The maximum Gasteiger partial charge on any atom is 0.469 e. The number of hydrogen-bond donors (Lipinski definition) is 6. The van der Waals surface area contributed by atoms with Crippen LogP contribution >= 0.6 is 37.2 Å². The lowest BCUT2D eigenvalue weighted by Gasteiger charge is -2.24. The van der Waals surface area contributed by atoms with Gasteiger partial charge in [-0.25, -0.2) is 29.1 Å². The molecule has 2 amide bonds. The molecule has 0 aliphatic rings. The molecule has 0 atom stereocenters.